The van der Waals surface area contributed by atoms with Gasteiger partial charge < -0.3 is 10.5 Å². The number of anilines is 1. The monoisotopic (exact) mass is 281 g/mol. The summed E-state index contributed by atoms with van der Waals surface area (Å²) in [7, 11) is 1.59. The molecule has 0 aliphatic carbocycles. The number of hydrogen-bond donors (Lipinski definition) is 1. The average molecular weight is 281 g/mol. The van der Waals surface area contributed by atoms with Gasteiger partial charge in [0.15, 0.2) is 5.82 Å². The molecule has 0 saturated heterocycles. The van der Waals surface area contributed by atoms with Crippen molar-refractivity contribution in [2.45, 2.75) is 6.92 Å². The standard InChI is InChI=1S/C15H15N5O/c1-10-5-3-4-6-13(10)20-15(17-18-19-20)11-7-8-14(21-2)12(16)9-11/h3-9H,16H2,1-2H3. The second kappa shape index (κ2) is 5.24. The molecule has 0 saturated carbocycles. The fourth-order valence-corrected chi connectivity index (χ4v) is 2.20. The first-order valence-electron chi connectivity index (χ1n) is 6.49. The van der Waals surface area contributed by atoms with E-state index in [1.54, 1.807) is 17.9 Å². The highest BCUT2D eigenvalue weighted by molar-refractivity contribution is 5.67. The fourth-order valence-electron chi connectivity index (χ4n) is 2.20. The first kappa shape index (κ1) is 13.1. The van der Waals surface area contributed by atoms with Crippen LogP contribution in [0.5, 0.6) is 5.75 Å². The van der Waals surface area contributed by atoms with Crippen LogP contribution >= 0.6 is 0 Å². The highest BCUT2D eigenvalue weighted by atomic mass is 16.5. The van der Waals surface area contributed by atoms with Crippen molar-refractivity contribution in [3.63, 3.8) is 0 Å². The van der Waals surface area contributed by atoms with E-state index in [0.717, 1.165) is 16.8 Å². The molecule has 2 N–H and O–H groups in total. The average Bonchev–Trinajstić information content (AvgIpc) is 2.97. The third-order valence-corrected chi connectivity index (χ3v) is 3.30. The number of rotatable bonds is 3. The van der Waals surface area contributed by atoms with E-state index < -0.39 is 0 Å². The molecule has 1 heterocycles. The van der Waals surface area contributed by atoms with E-state index >= 15 is 0 Å². The van der Waals surface area contributed by atoms with Crippen LogP contribution in [0.15, 0.2) is 42.5 Å². The molecule has 21 heavy (non-hydrogen) atoms. The molecular formula is C15H15N5O. The Kier molecular flexibility index (Phi) is 3.27. The maximum Gasteiger partial charge on any atom is 0.187 e. The van der Waals surface area contributed by atoms with Gasteiger partial charge >= 0.3 is 0 Å². The van der Waals surface area contributed by atoms with Crippen molar-refractivity contribution >= 4 is 5.69 Å². The lowest BCUT2D eigenvalue weighted by Crippen LogP contribution is -2.02. The minimum Gasteiger partial charge on any atom is -0.495 e. The van der Waals surface area contributed by atoms with Crippen LogP contribution < -0.4 is 10.5 Å². The van der Waals surface area contributed by atoms with Gasteiger partial charge in [0.05, 0.1) is 18.5 Å². The highest BCUT2D eigenvalue weighted by Gasteiger charge is 2.13. The van der Waals surface area contributed by atoms with Crippen molar-refractivity contribution in [2.75, 3.05) is 12.8 Å². The lowest BCUT2D eigenvalue weighted by atomic mass is 10.1. The Bertz CT molecular complexity index is 781. The van der Waals surface area contributed by atoms with E-state index in [-0.39, 0.29) is 0 Å². The molecule has 3 rings (SSSR count). The summed E-state index contributed by atoms with van der Waals surface area (Å²) >= 11 is 0. The molecule has 0 unspecified atom stereocenters. The zero-order valence-corrected chi connectivity index (χ0v) is 11.8. The Morgan fingerprint density at radius 3 is 2.67 bits per heavy atom. The second-order valence-electron chi connectivity index (χ2n) is 4.66. The van der Waals surface area contributed by atoms with Crippen LogP contribution in [0.3, 0.4) is 0 Å². The molecular weight excluding hydrogens is 266 g/mol. The largest absolute Gasteiger partial charge is 0.495 e. The molecule has 6 nitrogen and oxygen atoms in total. The van der Waals surface area contributed by atoms with Crippen molar-refractivity contribution < 1.29 is 4.74 Å². The van der Waals surface area contributed by atoms with E-state index in [0.29, 0.717) is 17.3 Å². The molecule has 1 aromatic heterocycles. The third-order valence-electron chi connectivity index (χ3n) is 3.30. The summed E-state index contributed by atoms with van der Waals surface area (Å²) in [4.78, 5) is 0. The lowest BCUT2D eigenvalue weighted by Gasteiger charge is -2.09. The number of benzene rings is 2. The van der Waals surface area contributed by atoms with Crippen LogP contribution in [0.4, 0.5) is 5.69 Å². The van der Waals surface area contributed by atoms with Crippen LogP contribution in [-0.4, -0.2) is 27.3 Å². The van der Waals surface area contributed by atoms with E-state index in [2.05, 4.69) is 15.5 Å². The number of tetrazole rings is 1. The fraction of sp³-hybridized carbons (Fsp3) is 0.133. The molecule has 0 aliphatic heterocycles. The summed E-state index contributed by atoms with van der Waals surface area (Å²) < 4.78 is 6.87. The minimum atomic E-state index is 0.550. The van der Waals surface area contributed by atoms with Gasteiger partial charge in [-0.25, -0.2) is 0 Å². The van der Waals surface area contributed by atoms with Gasteiger partial charge in [-0.1, -0.05) is 18.2 Å². The van der Waals surface area contributed by atoms with Crippen LogP contribution in [0.1, 0.15) is 5.56 Å². The number of hydrogen-bond acceptors (Lipinski definition) is 5. The molecule has 2 aromatic carbocycles. The highest BCUT2D eigenvalue weighted by Crippen LogP contribution is 2.28. The molecule has 0 radical (unpaired) electrons. The van der Waals surface area contributed by atoms with Gasteiger partial charge in [-0.3, -0.25) is 0 Å². The molecule has 0 amide bonds. The number of aromatic nitrogens is 4. The number of nitrogens with two attached hydrogens (primary N) is 1. The predicted octanol–water partition coefficient (Wildman–Crippen LogP) is 2.23. The predicted molar refractivity (Wildman–Crippen MR) is 80.3 cm³/mol. The van der Waals surface area contributed by atoms with Gasteiger partial charge in [-0.15, -0.1) is 5.10 Å². The molecule has 106 valence electrons. The quantitative estimate of drug-likeness (QED) is 0.745. The van der Waals surface area contributed by atoms with Crippen molar-refractivity contribution in [3.8, 4) is 22.8 Å². The number of nitrogens with zero attached hydrogens (tertiary/aromatic N) is 4. The Hall–Kier alpha value is -2.89. The maximum atomic E-state index is 5.95. The molecule has 0 fully saturated rings. The molecule has 0 atom stereocenters. The van der Waals surface area contributed by atoms with Gasteiger partial charge in [0, 0.05) is 5.56 Å². The van der Waals surface area contributed by atoms with Crippen LogP contribution in [0.25, 0.3) is 17.1 Å². The maximum absolute atomic E-state index is 5.95. The summed E-state index contributed by atoms with van der Waals surface area (Å²) in [5.41, 5.74) is 9.37. The smallest absolute Gasteiger partial charge is 0.187 e. The SMILES string of the molecule is COc1ccc(-c2nnnn2-c2ccccc2C)cc1N. The zero-order valence-electron chi connectivity index (χ0n) is 11.8. The molecule has 0 spiro atoms. The van der Waals surface area contributed by atoms with Crippen molar-refractivity contribution in [3.05, 3.63) is 48.0 Å². The van der Waals surface area contributed by atoms with Gasteiger partial charge in [-0.2, -0.15) is 4.68 Å². The first-order valence-corrected chi connectivity index (χ1v) is 6.49. The first-order chi connectivity index (χ1) is 10.2. The number of methoxy groups -OCH3 is 1. The number of para-hydroxylation sites is 1. The minimum absolute atomic E-state index is 0.550. The van der Waals surface area contributed by atoms with Gasteiger partial charge in [-0.05, 0) is 47.2 Å². The van der Waals surface area contributed by atoms with E-state index in [9.17, 15) is 0 Å². The summed E-state index contributed by atoms with van der Waals surface area (Å²) in [6.07, 6.45) is 0. The molecule has 0 bridgehead atoms. The summed E-state index contributed by atoms with van der Waals surface area (Å²) in [6, 6.07) is 13.4. The normalized spacial score (nSPS) is 10.6. The van der Waals surface area contributed by atoms with Crippen molar-refractivity contribution in [1.29, 1.82) is 0 Å². The van der Waals surface area contributed by atoms with Crippen molar-refractivity contribution in [2.24, 2.45) is 0 Å². The topological polar surface area (TPSA) is 78.9 Å². The number of ether oxygens (including phenoxy) is 1. The van der Waals surface area contributed by atoms with E-state index in [1.807, 2.05) is 43.3 Å². The molecule has 0 aliphatic rings. The Labute approximate surface area is 122 Å². The van der Waals surface area contributed by atoms with E-state index in [4.69, 9.17) is 10.5 Å². The molecule has 3 aromatic rings. The number of aryl methyl sites for hydroxylation is 1. The zero-order chi connectivity index (χ0) is 14.8. The summed E-state index contributed by atoms with van der Waals surface area (Å²) in [5.74, 6) is 1.27. The Morgan fingerprint density at radius 2 is 1.95 bits per heavy atom. The van der Waals surface area contributed by atoms with Crippen molar-refractivity contribution in [1.82, 2.24) is 20.2 Å². The summed E-state index contributed by atoms with van der Waals surface area (Å²) in [5, 5.41) is 12.0. The van der Waals surface area contributed by atoms with Gasteiger partial charge in [0.25, 0.3) is 0 Å². The number of nitrogen functional groups attached to an aromatic ring is 1. The van der Waals surface area contributed by atoms with Crippen LogP contribution in [0, 0.1) is 6.92 Å². The van der Waals surface area contributed by atoms with Gasteiger partial charge in [0.2, 0.25) is 0 Å². The Balaban J connectivity index is 2.11. The van der Waals surface area contributed by atoms with Crippen LogP contribution in [0.2, 0.25) is 0 Å². The lowest BCUT2D eigenvalue weighted by molar-refractivity contribution is 0.417. The molecule has 6 heteroatoms. The second-order valence-corrected chi connectivity index (χ2v) is 4.66. The third kappa shape index (κ3) is 2.31. The summed E-state index contributed by atoms with van der Waals surface area (Å²) in [6.45, 7) is 2.02. The van der Waals surface area contributed by atoms with Crippen LogP contribution in [-0.2, 0) is 0 Å². The van der Waals surface area contributed by atoms with Gasteiger partial charge in [0.1, 0.15) is 5.75 Å². The Morgan fingerprint density at radius 1 is 1.14 bits per heavy atom. The van der Waals surface area contributed by atoms with E-state index in [1.165, 1.54) is 0 Å².